The molecular formula is C16H22O8. The summed E-state index contributed by atoms with van der Waals surface area (Å²) in [4.78, 5) is 33.3. The lowest BCUT2D eigenvalue weighted by Crippen LogP contribution is -2.40. The topological polar surface area (TPSA) is 119 Å². The third-order valence-corrected chi connectivity index (χ3v) is 3.24. The molecule has 0 amide bonds. The molecule has 134 valence electrons. The van der Waals surface area contributed by atoms with E-state index in [0.717, 1.165) is 0 Å². The molecule has 8 heteroatoms. The highest BCUT2D eigenvalue weighted by Gasteiger charge is 2.29. The van der Waals surface area contributed by atoms with Gasteiger partial charge in [0.25, 0.3) is 0 Å². The van der Waals surface area contributed by atoms with Gasteiger partial charge in [0.1, 0.15) is 24.4 Å². The fraction of sp³-hybridized carbons (Fsp3) is 0.562. The molecule has 1 heterocycles. The van der Waals surface area contributed by atoms with E-state index in [1.807, 2.05) is 0 Å². The summed E-state index contributed by atoms with van der Waals surface area (Å²) in [7, 11) is 0. The molecule has 2 N–H and O–H groups in total. The molecule has 0 unspecified atom stereocenters. The van der Waals surface area contributed by atoms with Crippen LogP contribution in [0.5, 0.6) is 0 Å². The van der Waals surface area contributed by atoms with Crippen LogP contribution in [0.1, 0.15) is 27.2 Å². The quantitative estimate of drug-likeness (QED) is 0.377. The predicted molar refractivity (Wildman–Crippen MR) is 81.6 cm³/mol. The molecule has 0 saturated heterocycles. The zero-order valence-electron chi connectivity index (χ0n) is 13.7. The van der Waals surface area contributed by atoms with Gasteiger partial charge in [0.15, 0.2) is 6.10 Å². The number of rotatable bonds is 7. The van der Waals surface area contributed by atoms with Crippen LogP contribution in [0.2, 0.25) is 0 Å². The molecule has 5 atom stereocenters. The van der Waals surface area contributed by atoms with E-state index in [0.29, 0.717) is 0 Å². The van der Waals surface area contributed by atoms with Crippen molar-refractivity contribution in [1.29, 1.82) is 0 Å². The van der Waals surface area contributed by atoms with E-state index in [1.54, 1.807) is 6.08 Å². The molecule has 1 aliphatic rings. The van der Waals surface area contributed by atoms with Gasteiger partial charge in [0, 0.05) is 26.3 Å². The molecule has 0 bridgehead atoms. The van der Waals surface area contributed by atoms with Gasteiger partial charge >= 0.3 is 17.9 Å². The summed E-state index contributed by atoms with van der Waals surface area (Å²) in [6, 6.07) is 0. The molecule has 0 saturated carbocycles. The van der Waals surface area contributed by atoms with E-state index in [4.69, 9.17) is 14.2 Å². The third-order valence-electron chi connectivity index (χ3n) is 3.24. The van der Waals surface area contributed by atoms with Crippen LogP contribution in [0.4, 0.5) is 0 Å². The molecule has 0 spiro atoms. The van der Waals surface area contributed by atoms with Crippen molar-refractivity contribution in [2.45, 2.75) is 57.7 Å². The van der Waals surface area contributed by atoms with E-state index >= 15 is 0 Å². The Kier molecular flexibility index (Phi) is 7.60. The molecule has 1 rings (SSSR count). The van der Waals surface area contributed by atoms with E-state index in [1.165, 1.54) is 39.0 Å². The number of cyclic esters (lactones) is 1. The van der Waals surface area contributed by atoms with Crippen LogP contribution >= 0.6 is 0 Å². The van der Waals surface area contributed by atoms with Crippen molar-refractivity contribution in [2.24, 2.45) is 0 Å². The SMILES string of the molecule is CC(=O)O[C@@H](C)[C@H](/C=C/[C@H](O)[C@@H](O)[C@H]1CC=CC(=O)O1)OC(C)=O. The van der Waals surface area contributed by atoms with Crippen LogP contribution in [0.3, 0.4) is 0 Å². The summed E-state index contributed by atoms with van der Waals surface area (Å²) in [6.45, 7) is 3.94. The Balaban J connectivity index is 2.72. The van der Waals surface area contributed by atoms with E-state index < -0.39 is 48.4 Å². The number of ether oxygens (including phenoxy) is 3. The summed E-state index contributed by atoms with van der Waals surface area (Å²) in [5, 5.41) is 20.0. The molecule has 0 aromatic carbocycles. The largest absolute Gasteiger partial charge is 0.459 e. The van der Waals surface area contributed by atoms with Gasteiger partial charge in [-0.25, -0.2) is 4.79 Å². The molecule has 8 nitrogen and oxygen atoms in total. The Morgan fingerprint density at radius 1 is 1.25 bits per heavy atom. The number of hydrogen-bond acceptors (Lipinski definition) is 8. The lowest BCUT2D eigenvalue weighted by atomic mass is 10.0. The standard InChI is InChI=1S/C16H22O8/c1-9(22-10(2)17)13(23-11(3)18)8-7-12(19)16(21)14-5-4-6-15(20)24-14/h4,6-9,12-14,16,19,21H,5H2,1-3H3/b8-7+/t9-,12-,13-,14+,16+/m0/s1. The highest BCUT2D eigenvalue weighted by molar-refractivity contribution is 5.82. The lowest BCUT2D eigenvalue weighted by Gasteiger charge is -2.26. The van der Waals surface area contributed by atoms with E-state index in [2.05, 4.69) is 0 Å². The third kappa shape index (κ3) is 6.51. The molecule has 0 aliphatic carbocycles. The lowest BCUT2D eigenvalue weighted by molar-refractivity contribution is -0.160. The fourth-order valence-corrected chi connectivity index (χ4v) is 2.11. The number of aliphatic hydroxyl groups is 2. The first-order valence-corrected chi connectivity index (χ1v) is 7.46. The molecule has 1 aliphatic heterocycles. The van der Waals surface area contributed by atoms with Gasteiger partial charge in [-0.05, 0) is 13.0 Å². The van der Waals surface area contributed by atoms with Crippen LogP contribution in [-0.2, 0) is 28.6 Å². The molecule has 0 radical (unpaired) electrons. The van der Waals surface area contributed by atoms with E-state index in [-0.39, 0.29) is 6.42 Å². The average molecular weight is 342 g/mol. The van der Waals surface area contributed by atoms with Crippen molar-refractivity contribution < 1.29 is 38.8 Å². The number of aliphatic hydroxyl groups excluding tert-OH is 2. The molecule has 0 fully saturated rings. The van der Waals surface area contributed by atoms with Crippen molar-refractivity contribution in [3.05, 3.63) is 24.3 Å². The maximum absolute atomic E-state index is 11.2. The maximum atomic E-state index is 11.2. The van der Waals surface area contributed by atoms with Gasteiger partial charge in [-0.2, -0.15) is 0 Å². The second-order valence-electron chi connectivity index (χ2n) is 5.37. The van der Waals surface area contributed by atoms with Crippen molar-refractivity contribution >= 4 is 17.9 Å². The summed E-state index contributed by atoms with van der Waals surface area (Å²) in [6.07, 6.45) is 0.269. The zero-order valence-corrected chi connectivity index (χ0v) is 13.7. The Morgan fingerprint density at radius 2 is 1.88 bits per heavy atom. The highest BCUT2D eigenvalue weighted by atomic mass is 16.6. The number of hydrogen-bond donors (Lipinski definition) is 2. The summed E-state index contributed by atoms with van der Waals surface area (Å²) < 4.78 is 14.9. The monoisotopic (exact) mass is 342 g/mol. The Morgan fingerprint density at radius 3 is 2.42 bits per heavy atom. The molecule has 24 heavy (non-hydrogen) atoms. The van der Waals surface area contributed by atoms with Crippen molar-refractivity contribution in [3.63, 3.8) is 0 Å². The van der Waals surface area contributed by atoms with Gasteiger partial charge in [0.05, 0.1) is 0 Å². The van der Waals surface area contributed by atoms with Gasteiger partial charge in [0.2, 0.25) is 0 Å². The van der Waals surface area contributed by atoms with Crippen molar-refractivity contribution in [1.82, 2.24) is 0 Å². The van der Waals surface area contributed by atoms with Crippen LogP contribution < -0.4 is 0 Å². The second kappa shape index (κ2) is 9.19. The molecular weight excluding hydrogens is 320 g/mol. The van der Waals surface area contributed by atoms with Crippen LogP contribution in [0.25, 0.3) is 0 Å². The van der Waals surface area contributed by atoms with E-state index in [9.17, 15) is 24.6 Å². The normalized spacial score (nSPS) is 22.4. The fourth-order valence-electron chi connectivity index (χ4n) is 2.11. The first-order valence-electron chi connectivity index (χ1n) is 7.46. The Labute approximate surface area is 139 Å². The second-order valence-corrected chi connectivity index (χ2v) is 5.37. The molecule has 0 aromatic rings. The van der Waals surface area contributed by atoms with Crippen molar-refractivity contribution in [2.75, 3.05) is 0 Å². The summed E-state index contributed by atoms with van der Waals surface area (Å²) in [5.41, 5.74) is 0. The maximum Gasteiger partial charge on any atom is 0.330 e. The first kappa shape index (κ1) is 19.9. The smallest absolute Gasteiger partial charge is 0.330 e. The summed E-state index contributed by atoms with van der Waals surface area (Å²) >= 11 is 0. The van der Waals surface area contributed by atoms with Gasteiger partial charge in [-0.15, -0.1) is 0 Å². The average Bonchev–Trinajstić information content (AvgIpc) is 2.49. The van der Waals surface area contributed by atoms with Crippen molar-refractivity contribution in [3.8, 4) is 0 Å². The van der Waals surface area contributed by atoms with Gasteiger partial charge < -0.3 is 24.4 Å². The van der Waals surface area contributed by atoms with Crippen LogP contribution in [-0.4, -0.2) is 58.6 Å². The van der Waals surface area contributed by atoms with Gasteiger partial charge in [-0.1, -0.05) is 12.2 Å². The Bertz CT molecular complexity index is 524. The number of carbonyl (C=O) groups is 3. The predicted octanol–water partition coefficient (Wildman–Crippen LogP) is 0.0194. The minimum Gasteiger partial charge on any atom is -0.459 e. The first-order chi connectivity index (χ1) is 11.2. The number of esters is 3. The number of carbonyl (C=O) groups excluding carboxylic acids is 3. The minimum atomic E-state index is -1.36. The summed E-state index contributed by atoms with van der Waals surface area (Å²) in [5.74, 6) is -1.73. The van der Waals surface area contributed by atoms with Gasteiger partial charge in [-0.3, -0.25) is 9.59 Å². The van der Waals surface area contributed by atoms with Crippen LogP contribution in [0.15, 0.2) is 24.3 Å². The van der Waals surface area contributed by atoms with Crippen LogP contribution in [0, 0.1) is 0 Å². The minimum absolute atomic E-state index is 0.273. The Hall–Kier alpha value is -2.19. The highest BCUT2D eigenvalue weighted by Crippen LogP contribution is 2.16. The molecule has 0 aromatic heterocycles. The zero-order chi connectivity index (χ0) is 18.3.